The molecule has 0 amide bonds. The van der Waals surface area contributed by atoms with Crippen molar-refractivity contribution in [1.82, 2.24) is 9.80 Å². The third-order valence-corrected chi connectivity index (χ3v) is 6.56. The lowest BCUT2D eigenvalue weighted by Crippen LogP contribution is -2.47. The van der Waals surface area contributed by atoms with Crippen LogP contribution in [0.25, 0.3) is 0 Å². The molecule has 1 unspecified atom stereocenters. The van der Waals surface area contributed by atoms with E-state index in [-0.39, 0.29) is 24.1 Å². The summed E-state index contributed by atoms with van der Waals surface area (Å²) in [5.74, 6) is 0.0860. The summed E-state index contributed by atoms with van der Waals surface area (Å²) in [4.78, 5) is 22.7. The summed E-state index contributed by atoms with van der Waals surface area (Å²) in [6, 6.07) is 19.6. The van der Waals surface area contributed by atoms with Crippen molar-refractivity contribution in [1.29, 1.82) is 0 Å². The second kappa shape index (κ2) is 11.4. The molecule has 0 radical (unpaired) electrons. The summed E-state index contributed by atoms with van der Waals surface area (Å²) < 4.78 is 0. The maximum Gasteiger partial charge on any atom is 0.169 e. The highest BCUT2D eigenvalue weighted by Crippen LogP contribution is 2.34. The Balaban J connectivity index is 1.51. The van der Waals surface area contributed by atoms with Gasteiger partial charge in [-0.05, 0) is 11.5 Å². The van der Waals surface area contributed by atoms with Gasteiger partial charge in [0.05, 0.1) is 24.4 Å². The van der Waals surface area contributed by atoms with Gasteiger partial charge in [-0.2, -0.15) is 0 Å². The minimum atomic E-state index is -0.0483. The number of hydrogen-bond donors (Lipinski definition) is 2. The number of aliphatic hydroxyl groups is 2. The zero-order chi connectivity index (χ0) is 23.0. The number of allylic oxidation sites excluding steroid dienone is 2. The van der Waals surface area contributed by atoms with E-state index < -0.39 is 0 Å². The van der Waals surface area contributed by atoms with Gasteiger partial charge in [0.25, 0.3) is 0 Å². The number of aliphatic hydroxyl groups excluding tert-OH is 2. The van der Waals surface area contributed by atoms with E-state index in [2.05, 4.69) is 9.80 Å². The normalized spacial score (nSPS) is 20.9. The maximum atomic E-state index is 13.2. The first-order valence-corrected chi connectivity index (χ1v) is 11.8. The summed E-state index contributed by atoms with van der Waals surface area (Å²) in [6.45, 7) is 6.08. The molecule has 1 fully saturated rings. The number of ketones is 1. The molecule has 1 saturated heterocycles. The summed E-state index contributed by atoms with van der Waals surface area (Å²) in [6.07, 6.45) is 0.825. The Morgan fingerprint density at radius 3 is 2.09 bits per heavy atom. The van der Waals surface area contributed by atoms with Crippen molar-refractivity contribution >= 4 is 11.5 Å². The first-order valence-electron chi connectivity index (χ1n) is 11.8. The Morgan fingerprint density at radius 1 is 0.879 bits per heavy atom. The molecule has 1 heterocycles. The largest absolute Gasteiger partial charge is 0.511 e. The Kier molecular flexibility index (Phi) is 8.05. The second-order valence-corrected chi connectivity index (χ2v) is 8.76. The quantitative estimate of drug-likeness (QED) is 0.609. The Morgan fingerprint density at radius 2 is 1.48 bits per heavy atom. The monoisotopic (exact) mass is 447 g/mol. The first-order chi connectivity index (χ1) is 16.2. The molecule has 33 heavy (non-hydrogen) atoms. The van der Waals surface area contributed by atoms with E-state index in [1.165, 1.54) is 0 Å². The van der Waals surface area contributed by atoms with Crippen LogP contribution in [0.4, 0.5) is 0 Å². The van der Waals surface area contributed by atoms with Crippen molar-refractivity contribution in [3.8, 4) is 0 Å². The average molecular weight is 448 g/mol. The van der Waals surface area contributed by atoms with Gasteiger partial charge in [0.1, 0.15) is 5.76 Å². The van der Waals surface area contributed by atoms with Crippen molar-refractivity contribution in [2.45, 2.75) is 18.8 Å². The fourth-order valence-corrected chi connectivity index (χ4v) is 4.72. The predicted octanol–water partition coefficient (Wildman–Crippen LogP) is 3.04. The maximum absolute atomic E-state index is 13.2. The molecule has 1 aliphatic heterocycles. The van der Waals surface area contributed by atoms with Crippen LogP contribution in [0.5, 0.6) is 0 Å². The highest BCUT2D eigenvalue weighted by molar-refractivity contribution is 6.29. The molecule has 0 saturated carbocycles. The van der Waals surface area contributed by atoms with Gasteiger partial charge in [0.15, 0.2) is 5.78 Å². The van der Waals surface area contributed by atoms with Gasteiger partial charge in [0.2, 0.25) is 0 Å². The van der Waals surface area contributed by atoms with E-state index in [1.807, 2.05) is 60.7 Å². The molecule has 6 nitrogen and oxygen atoms in total. The van der Waals surface area contributed by atoms with Crippen LogP contribution in [-0.4, -0.2) is 83.9 Å². The van der Waals surface area contributed by atoms with Crippen LogP contribution in [0.15, 0.2) is 77.0 Å². The number of aliphatic imine (C=N–C) groups is 1. The Hall–Kier alpha value is -2.80. The fourth-order valence-electron chi connectivity index (χ4n) is 4.72. The van der Waals surface area contributed by atoms with Crippen LogP contribution >= 0.6 is 0 Å². The number of hydrogen-bond acceptors (Lipinski definition) is 6. The summed E-state index contributed by atoms with van der Waals surface area (Å²) in [5, 5.41) is 20.1. The van der Waals surface area contributed by atoms with Crippen LogP contribution in [0.3, 0.4) is 0 Å². The molecule has 6 heteroatoms. The molecule has 0 aromatic heterocycles. The van der Waals surface area contributed by atoms with Gasteiger partial charge in [-0.15, -0.1) is 0 Å². The molecule has 174 valence electrons. The number of β-amino-alcohol motifs (C(OH)–C–C–N with tert-alkyl or cyclic N) is 1. The number of carbonyl (C=O) groups excluding carboxylic acids is 1. The zero-order valence-electron chi connectivity index (χ0n) is 19.1. The molecule has 0 spiro atoms. The third kappa shape index (κ3) is 5.96. The summed E-state index contributed by atoms with van der Waals surface area (Å²) in [5.41, 5.74) is 2.91. The van der Waals surface area contributed by atoms with Gasteiger partial charge in [-0.3, -0.25) is 19.6 Å². The highest BCUT2D eigenvalue weighted by Gasteiger charge is 2.31. The molecule has 2 aliphatic rings. The lowest BCUT2D eigenvalue weighted by Gasteiger charge is -2.34. The SMILES string of the molecule is O=C1CC(c2ccccc2)CC(O)=C1C(=NCCN1CCN(CCO)CC1)c1ccccc1. The standard InChI is InChI=1S/C27H33N3O3/c31-18-17-30-15-13-29(14-16-30)12-11-28-27(22-9-5-2-6-10-22)26-24(32)19-23(20-25(26)33)21-7-3-1-4-8-21/h1-10,23,31-32H,11-20H2. The van der Waals surface area contributed by atoms with E-state index in [0.717, 1.165) is 50.4 Å². The summed E-state index contributed by atoms with van der Waals surface area (Å²) >= 11 is 0. The van der Waals surface area contributed by atoms with E-state index in [4.69, 9.17) is 10.1 Å². The number of benzene rings is 2. The van der Waals surface area contributed by atoms with Gasteiger partial charge < -0.3 is 10.2 Å². The number of carbonyl (C=O) groups is 1. The van der Waals surface area contributed by atoms with Crippen LogP contribution in [-0.2, 0) is 4.79 Å². The molecule has 4 rings (SSSR count). The minimum Gasteiger partial charge on any atom is -0.511 e. The predicted molar refractivity (Wildman–Crippen MR) is 131 cm³/mol. The lowest BCUT2D eigenvalue weighted by molar-refractivity contribution is -0.116. The molecule has 1 aliphatic carbocycles. The smallest absolute Gasteiger partial charge is 0.169 e. The van der Waals surface area contributed by atoms with Gasteiger partial charge in [0, 0.05) is 57.7 Å². The molecular weight excluding hydrogens is 414 g/mol. The van der Waals surface area contributed by atoms with Crippen molar-refractivity contribution in [3.05, 3.63) is 83.1 Å². The van der Waals surface area contributed by atoms with Gasteiger partial charge in [-0.1, -0.05) is 60.7 Å². The zero-order valence-corrected chi connectivity index (χ0v) is 19.1. The summed E-state index contributed by atoms with van der Waals surface area (Å²) in [7, 11) is 0. The number of Topliss-reactive ketones (excluding diaryl/α,β-unsaturated/α-hetero) is 1. The highest BCUT2D eigenvalue weighted by atomic mass is 16.3. The van der Waals surface area contributed by atoms with Crippen LogP contribution in [0.2, 0.25) is 0 Å². The van der Waals surface area contributed by atoms with Crippen molar-refractivity contribution in [2.24, 2.45) is 4.99 Å². The van der Waals surface area contributed by atoms with E-state index in [1.54, 1.807) is 0 Å². The van der Waals surface area contributed by atoms with Crippen LogP contribution in [0.1, 0.15) is 29.9 Å². The molecule has 2 N–H and O–H groups in total. The molecule has 1 atom stereocenters. The second-order valence-electron chi connectivity index (χ2n) is 8.76. The van der Waals surface area contributed by atoms with E-state index in [9.17, 15) is 9.90 Å². The Labute approximate surface area is 195 Å². The van der Waals surface area contributed by atoms with Gasteiger partial charge in [-0.25, -0.2) is 0 Å². The topological polar surface area (TPSA) is 76.4 Å². The van der Waals surface area contributed by atoms with Crippen molar-refractivity contribution in [2.75, 3.05) is 52.4 Å². The van der Waals surface area contributed by atoms with Crippen molar-refractivity contribution in [3.63, 3.8) is 0 Å². The third-order valence-electron chi connectivity index (χ3n) is 6.56. The van der Waals surface area contributed by atoms with E-state index >= 15 is 0 Å². The minimum absolute atomic E-state index is 0.00492. The van der Waals surface area contributed by atoms with Crippen LogP contribution < -0.4 is 0 Å². The average Bonchev–Trinajstić information content (AvgIpc) is 2.85. The molecule has 0 bridgehead atoms. The number of piperazine rings is 1. The molecule has 2 aromatic rings. The fraction of sp³-hybridized carbons (Fsp3) is 0.407. The number of rotatable bonds is 8. The Bertz CT molecular complexity index is 980. The first kappa shape index (κ1) is 23.4. The van der Waals surface area contributed by atoms with E-state index in [0.29, 0.717) is 30.7 Å². The number of nitrogens with zero attached hydrogens (tertiary/aromatic N) is 3. The van der Waals surface area contributed by atoms with Crippen molar-refractivity contribution < 1.29 is 15.0 Å². The molecule has 2 aromatic carbocycles. The van der Waals surface area contributed by atoms with Gasteiger partial charge >= 0.3 is 0 Å². The lowest BCUT2D eigenvalue weighted by atomic mass is 9.80. The molecular formula is C27H33N3O3. The van der Waals surface area contributed by atoms with Crippen LogP contribution in [0, 0.1) is 0 Å².